The second-order valence-corrected chi connectivity index (χ2v) is 7.07. The van der Waals surface area contributed by atoms with Gasteiger partial charge in [-0.15, -0.1) is 24.0 Å². The molecule has 2 aliphatic rings. The normalized spacial score (nSPS) is 19.9. The van der Waals surface area contributed by atoms with E-state index in [9.17, 15) is 4.79 Å². The monoisotopic (exact) mass is 269 g/mol. The quantitative estimate of drug-likeness (QED) is 0.480. The summed E-state index contributed by atoms with van der Waals surface area (Å²) < 4.78 is 3.23. The van der Waals surface area contributed by atoms with Gasteiger partial charge in [-0.05, 0) is 43.0 Å². The van der Waals surface area contributed by atoms with Crippen molar-refractivity contribution in [3.63, 3.8) is 0 Å². The predicted molar refractivity (Wildman–Crippen MR) is 72.4 cm³/mol. The number of rotatable bonds is 1. The number of carbonyl (C=O) groups is 1. The first-order valence-electron chi connectivity index (χ1n) is 5.12. The van der Waals surface area contributed by atoms with Crippen molar-refractivity contribution in [3.05, 3.63) is 21.6 Å². The molecule has 0 saturated heterocycles. The Labute approximate surface area is 108 Å². The van der Waals surface area contributed by atoms with Crippen molar-refractivity contribution in [1.29, 1.82) is 0 Å². The highest BCUT2D eigenvalue weighted by molar-refractivity contribution is 8.06. The number of likely N-dealkylation sites (N-methyl/N-ethyl adjacent to an activating group) is 1. The summed E-state index contributed by atoms with van der Waals surface area (Å²) >= 11 is 7.81. The number of carbonyl (C=O) groups excluding carboxylic acids is 1. The van der Waals surface area contributed by atoms with Gasteiger partial charge in [-0.2, -0.15) is 0 Å². The van der Waals surface area contributed by atoms with Crippen LogP contribution >= 0.6 is 35.9 Å². The van der Waals surface area contributed by atoms with E-state index in [4.69, 9.17) is 0 Å². The van der Waals surface area contributed by atoms with E-state index in [0.717, 1.165) is 34.8 Å². The second-order valence-electron chi connectivity index (χ2n) is 4.05. The van der Waals surface area contributed by atoms with Gasteiger partial charge in [0.05, 0.1) is 9.09 Å². The Balaban J connectivity index is 2.17. The van der Waals surface area contributed by atoms with E-state index >= 15 is 0 Å². The standard InChI is InChI=1S/C11H11NOS3/c1-12-4-6-2-3-7-8(5-13)15-11(14)9(7)10(6)16-12/h5,14H,2-4H2,1H3. The van der Waals surface area contributed by atoms with E-state index in [-0.39, 0.29) is 0 Å². The Morgan fingerprint density at radius 1 is 1.44 bits per heavy atom. The molecule has 0 aromatic carbocycles. The molecule has 16 heavy (non-hydrogen) atoms. The number of hydrogen-bond donors (Lipinski definition) is 1. The fourth-order valence-electron chi connectivity index (χ4n) is 2.33. The van der Waals surface area contributed by atoms with Crippen LogP contribution in [0.1, 0.15) is 27.2 Å². The van der Waals surface area contributed by atoms with Crippen LogP contribution in [0.2, 0.25) is 0 Å². The molecular formula is C11H11NOS3. The van der Waals surface area contributed by atoms with Crippen molar-refractivity contribution in [2.75, 3.05) is 13.6 Å². The van der Waals surface area contributed by atoms with E-state index < -0.39 is 0 Å². The van der Waals surface area contributed by atoms with Gasteiger partial charge in [-0.3, -0.25) is 4.79 Å². The molecule has 1 aromatic rings. The van der Waals surface area contributed by atoms with Crippen LogP contribution in [0.5, 0.6) is 0 Å². The predicted octanol–water partition coefficient (Wildman–Crippen LogP) is 3.10. The first-order valence-corrected chi connectivity index (χ1v) is 7.15. The van der Waals surface area contributed by atoms with Crippen LogP contribution in [0, 0.1) is 0 Å². The summed E-state index contributed by atoms with van der Waals surface area (Å²) in [5.41, 5.74) is 3.95. The van der Waals surface area contributed by atoms with Crippen molar-refractivity contribution in [3.8, 4) is 0 Å². The first-order chi connectivity index (χ1) is 7.70. The molecule has 0 N–H and O–H groups in total. The lowest BCUT2D eigenvalue weighted by Gasteiger charge is -2.14. The number of thiophene rings is 1. The van der Waals surface area contributed by atoms with Crippen LogP contribution in [0.3, 0.4) is 0 Å². The summed E-state index contributed by atoms with van der Waals surface area (Å²) in [6, 6.07) is 0. The van der Waals surface area contributed by atoms with Gasteiger partial charge in [0.2, 0.25) is 0 Å². The fraction of sp³-hybridized carbons (Fsp3) is 0.364. The van der Waals surface area contributed by atoms with Crippen LogP contribution < -0.4 is 0 Å². The third-order valence-corrected chi connectivity index (χ3v) is 5.59. The molecule has 1 aliphatic carbocycles. The maximum Gasteiger partial charge on any atom is 0.160 e. The Hall–Kier alpha value is -0.230. The van der Waals surface area contributed by atoms with E-state index in [1.807, 2.05) is 0 Å². The van der Waals surface area contributed by atoms with Crippen molar-refractivity contribution >= 4 is 47.1 Å². The third-order valence-electron chi connectivity index (χ3n) is 3.01. The van der Waals surface area contributed by atoms with Crippen LogP contribution in [0.25, 0.3) is 4.91 Å². The smallest absolute Gasteiger partial charge is 0.160 e. The van der Waals surface area contributed by atoms with Gasteiger partial charge in [-0.25, -0.2) is 4.31 Å². The zero-order valence-electron chi connectivity index (χ0n) is 8.82. The molecule has 0 spiro atoms. The van der Waals surface area contributed by atoms with Crippen LogP contribution in [0.15, 0.2) is 9.78 Å². The second kappa shape index (κ2) is 3.91. The zero-order valence-corrected chi connectivity index (χ0v) is 11.3. The van der Waals surface area contributed by atoms with E-state index in [1.54, 1.807) is 11.9 Å². The minimum atomic E-state index is 0.863. The largest absolute Gasteiger partial charge is 0.297 e. The van der Waals surface area contributed by atoms with Crippen molar-refractivity contribution in [1.82, 2.24) is 4.31 Å². The molecule has 0 radical (unpaired) electrons. The molecule has 1 aromatic heterocycles. The molecule has 5 heteroatoms. The molecule has 84 valence electrons. The van der Waals surface area contributed by atoms with Gasteiger partial charge >= 0.3 is 0 Å². The Bertz CT molecular complexity index is 504. The van der Waals surface area contributed by atoms with Gasteiger partial charge in [-0.1, -0.05) is 0 Å². The number of nitrogens with zero attached hydrogens (tertiary/aromatic N) is 1. The lowest BCUT2D eigenvalue weighted by molar-refractivity contribution is 0.112. The van der Waals surface area contributed by atoms with E-state index in [2.05, 4.69) is 24.0 Å². The number of hydrogen-bond acceptors (Lipinski definition) is 5. The number of fused-ring (bicyclic) bond motifs is 2. The lowest BCUT2D eigenvalue weighted by Crippen LogP contribution is -2.07. The summed E-state index contributed by atoms with van der Waals surface area (Å²) in [6.07, 6.45) is 3.05. The van der Waals surface area contributed by atoms with Crippen molar-refractivity contribution in [2.45, 2.75) is 17.1 Å². The molecule has 0 fully saturated rings. The summed E-state index contributed by atoms with van der Waals surface area (Å²) in [5.74, 6) is 0. The lowest BCUT2D eigenvalue weighted by atomic mass is 9.94. The summed E-state index contributed by atoms with van der Waals surface area (Å²) in [6.45, 7) is 1.04. The maximum absolute atomic E-state index is 11.0. The molecule has 1 aliphatic heterocycles. The van der Waals surface area contributed by atoms with Gasteiger partial charge in [0.1, 0.15) is 0 Å². The highest BCUT2D eigenvalue weighted by Crippen LogP contribution is 2.50. The average Bonchev–Trinajstić information content (AvgIpc) is 2.77. The summed E-state index contributed by atoms with van der Waals surface area (Å²) in [4.78, 5) is 13.2. The molecular weight excluding hydrogens is 258 g/mol. The SMILES string of the molecule is CN1CC2=C(S1)c1c(S)sc(C=O)c1CC2. The molecule has 0 bridgehead atoms. The molecule has 2 heterocycles. The maximum atomic E-state index is 11.0. The highest BCUT2D eigenvalue weighted by atomic mass is 32.2. The molecule has 2 nitrogen and oxygen atoms in total. The van der Waals surface area contributed by atoms with Crippen LogP contribution in [-0.2, 0) is 6.42 Å². The summed E-state index contributed by atoms with van der Waals surface area (Å²) in [5, 5.41) is 0. The first kappa shape index (κ1) is 10.9. The molecule has 0 saturated carbocycles. The zero-order chi connectivity index (χ0) is 11.3. The minimum Gasteiger partial charge on any atom is -0.297 e. The van der Waals surface area contributed by atoms with Crippen LogP contribution in [-0.4, -0.2) is 24.2 Å². The Kier molecular flexibility index (Phi) is 2.66. The molecule has 0 unspecified atom stereocenters. The van der Waals surface area contributed by atoms with Gasteiger partial charge in [0.15, 0.2) is 6.29 Å². The molecule has 3 rings (SSSR count). The Morgan fingerprint density at radius 3 is 3.00 bits per heavy atom. The molecule has 0 atom stereocenters. The average molecular weight is 269 g/mol. The third kappa shape index (κ3) is 1.49. The number of aldehydes is 1. The Morgan fingerprint density at radius 2 is 2.25 bits per heavy atom. The van der Waals surface area contributed by atoms with E-state index in [0.29, 0.717) is 0 Å². The molecule has 0 amide bonds. The van der Waals surface area contributed by atoms with Gasteiger partial charge < -0.3 is 0 Å². The van der Waals surface area contributed by atoms with Gasteiger partial charge in [0.25, 0.3) is 0 Å². The van der Waals surface area contributed by atoms with Crippen LogP contribution in [0.4, 0.5) is 0 Å². The topological polar surface area (TPSA) is 20.3 Å². The highest BCUT2D eigenvalue weighted by Gasteiger charge is 2.31. The number of thiol groups is 1. The minimum absolute atomic E-state index is 0.863. The van der Waals surface area contributed by atoms with Crippen molar-refractivity contribution in [2.24, 2.45) is 0 Å². The van der Waals surface area contributed by atoms with Crippen molar-refractivity contribution < 1.29 is 4.79 Å². The summed E-state index contributed by atoms with van der Waals surface area (Å²) in [7, 11) is 2.11. The van der Waals surface area contributed by atoms with E-state index in [1.165, 1.54) is 32.9 Å². The fourth-order valence-corrected chi connectivity index (χ4v) is 5.07. The van der Waals surface area contributed by atoms with Gasteiger partial charge in [0, 0.05) is 17.0 Å².